The summed E-state index contributed by atoms with van der Waals surface area (Å²) in [6, 6.07) is 13.0. The lowest BCUT2D eigenvalue weighted by Crippen LogP contribution is -2.10. The summed E-state index contributed by atoms with van der Waals surface area (Å²) in [5.41, 5.74) is 4.00. The Bertz CT molecular complexity index is 597. The van der Waals surface area contributed by atoms with Crippen molar-refractivity contribution in [2.45, 2.75) is 33.1 Å². The van der Waals surface area contributed by atoms with E-state index in [0.717, 1.165) is 23.1 Å². The van der Waals surface area contributed by atoms with Crippen molar-refractivity contribution >= 4 is 11.6 Å². The summed E-state index contributed by atoms with van der Waals surface area (Å²) in [6.07, 6.45) is 0.890. The van der Waals surface area contributed by atoms with Gasteiger partial charge in [-0.3, -0.25) is 0 Å². The lowest BCUT2D eigenvalue weighted by Gasteiger charge is -2.21. The van der Waals surface area contributed by atoms with Gasteiger partial charge in [0.05, 0.1) is 0 Å². The van der Waals surface area contributed by atoms with E-state index in [1.165, 1.54) is 6.07 Å². The van der Waals surface area contributed by atoms with E-state index in [0.29, 0.717) is 11.4 Å². The van der Waals surface area contributed by atoms with Crippen LogP contribution in [0, 0.1) is 11.2 Å². The van der Waals surface area contributed by atoms with Crippen LogP contribution in [0.15, 0.2) is 42.5 Å². The van der Waals surface area contributed by atoms with Crippen LogP contribution in [0.25, 0.3) is 11.1 Å². The summed E-state index contributed by atoms with van der Waals surface area (Å²) in [5.74, 6) is 0.301. The number of alkyl halides is 1. The molecule has 0 aliphatic rings. The Labute approximate surface area is 125 Å². The standard InChI is InChI=1S/C18H20ClF/c1-18(2,3)11-14-10-13(12-19)8-9-15(14)16-6-4-5-7-17(16)20/h4-10H,11-12H2,1-3H3. The van der Waals surface area contributed by atoms with Crippen molar-refractivity contribution in [3.63, 3.8) is 0 Å². The van der Waals surface area contributed by atoms with Gasteiger partial charge in [-0.15, -0.1) is 11.6 Å². The third-order valence-corrected chi connectivity index (χ3v) is 3.52. The smallest absolute Gasteiger partial charge is 0.131 e. The van der Waals surface area contributed by atoms with Crippen LogP contribution in [0.2, 0.25) is 0 Å². The van der Waals surface area contributed by atoms with Crippen molar-refractivity contribution < 1.29 is 4.39 Å². The largest absolute Gasteiger partial charge is 0.206 e. The molecule has 0 heterocycles. The first-order valence-corrected chi connectivity index (χ1v) is 7.37. The summed E-state index contributed by atoms with van der Waals surface area (Å²) in [4.78, 5) is 0. The zero-order valence-electron chi connectivity index (χ0n) is 12.2. The molecule has 0 N–H and O–H groups in total. The number of benzene rings is 2. The van der Waals surface area contributed by atoms with Crippen molar-refractivity contribution in [1.82, 2.24) is 0 Å². The molecule has 0 unspecified atom stereocenters. The van der Waals surface area contributed by atoms with Crippen LogP contribution in [0.1, 0.15) is 31.9 Å². The molecular weight excluding hydrogens is 271 g/mol. The van der Waals surface area contributed by atoms with Crippen molar-refractivity contribution in [2.75, 3.05) is 0 Å². The Kier molecular flexibility index (Phi) is 4.49. The molecule has 0 amide bonds. The number of hydrogen-bond acceptors (Lipinski definition) is 0. The van der Waals surface area contributed by atoms with Crippen molar-refractivity contribution in [1.29, 1.82) is 0 Å². The highest BCUT2D eigenvalue weighted by Gasteiger charge is 2.16. The maximum Gasteiger partial charge on any atom is 0.131 e. The fourth-order valence-corrected chi connectivity index (χ4v) is 2.56. The first kappa shape index (κ1) is 15.1. The van der Waals surface area contributed by atoms with E-state index in [2.05, 4.69) is 26.8 Å². The van der Waals surface area contributed by atoms with Gasteiger partial charge in [-0.1, -0.05) is 57.2 Å². The normalized spacial score (nSPS) is 11.7. The monoisotopic (exact) mass is 290 g/mol. The number of halogens is 2. The second-order valence-corrected chi connectivity index (χ2v) is 6.61. The van der Waals surface area contributed by atoms with Gasteiger partial charge >= 0.3 is 0 Å². The maximum atomic E-state index is 14.0. The molecule has 0 aliphatic heterocycles. The van der Waals surface area contributed by atoms with Crippen LogP contribution in [0.3, 0.4) is 0 Å². The Morgan fingerprint density at radius 3 is 2.30 bits per heavy atom. The Hall–Kier alpha value is -1.34. The van der Waals surface area contributed by atoms with E-state index in [-0.39, 0.29) is 11.2 Å². The van der Waals surface area contributed by atoms with Crippen molar-refractivity contribution in [3.8, 4) is 11.1 Å². The van der Waals surface area contributed by atoms with Gasteiger partial charge in [-0.2, -0.15) is 0 Å². The fourth-order valence-electron chi connectivity index (χ4n) is 2.39. The van der Waals surface area contributed by atoms with Gasteiger partial charge in [-0.25, -0.2) is 4.39 Å². The summed E-state index contributed by atoms with van der Waals surface area (Å²) in [6.45, 7) is 6.56. The highest BCUT2D eigenvalue weighted by molar-refractivity contribution is 6.17. The zero-order chi connectivity index (χ0) is 14.8. The molecule has 2 heteroatoms. The Morgan fingerprint density at radius 1 is 1.00 bits per heavy atom. The third kappa shape index (κ3) is 3.61. The topological polar surface area (TPSA) is 0 Å². The second kappa shape index (κ2) is 5.97. The van der Waals surface area contributed by atoms with Crippen LogP contribution in [-0.4, -0.2) is 0 Å². The molecule has 2 aromatic carbocycles. The summed E-state index contributed by atoms with van der Waals surface area (Å²) in [5, 5.41) is 0. The maximum absolute atomic E-state index is 14.0. The van der Waals surface area contributed by atoms with E-state index in [9.17, 15) is 4.39 Å². The summed E-state index contributed by atoms with van der Waals surface area (Å²) < 4.78 is 14.0. The molecule has 0 spiro atoms. The fraction of sp³-hybridized carbons (Fsp3) is 0.333. The van der Waals surface area contributed by atoms with Gasteiger partial charge < -0.3 is 0 Å². The molecule has 20 heavy (non-hydrogen) atoms. The van der Waals surface area contributed by atoms with Gasteiger partial charge in [0.1, 0.15) is 5.82 Å². The first-order valence-electron chi connectivity index (χ1n) is 6.83. The van der Waals surface area contributed by atoms with Gasteiger partial charge in [0, 0.05) is 11.4 Å². The van der Waals surface area contributed by atoms with E-state index in [4.69, 9.17) is 11.6 Å². The predicted molar refractivity (Wildman–Crippen MR) is 84.6 cm³/mol. The van der Waals surface area contributed by atoms with Gasteiger partial charge in [0.2, 0.25) is 0 Å². The predicted octanol–water partition coefficient (Wildman–Crippen LogP) is 5.82. The van der Waals surface area contributed by atoms with Crippen molar-refractivity contribution in [3.05, 3.63) is 59.4 Å². The van der Waals surface area contributed by atoms with Crippen LogP contribution in [-0.2, 0) is 12.3 Å². The molecule has 106 valence electrons. The van der Waals surface area contributed by atoms with E-state index in [1.807, 2.05) is 24.3 Å². The molecule has 0 saturated heterocycles. The quantitative estimate of drug-likeness (QED) is 0.625. The molecule has 0 saturated carbocycles. The molecule has 0 radical (unpaired) electrons. The molecule has 0 nitrogen and oxygen atoms in total. The molecule has 0 aliphatic carbocycles. The van der Waals surface area contributed by atoms with Gasteiger partial charge in [0.15, 0.2) is 0 Å². The minimum absolute atomic E-state index is 0.144. The molecule has 0 atom stereocenters. The van der Waals surface area contributed by atoms with Gasteiger partial charge in [-0.05, 0) is 34.6 Å². The molecule has 0 bridgehead atoms. The SMILES string of the molecule is CC(C)(C)Cc1cc(CCl)ccc1-c1ccccc1F. The van der Waals surface area contributed by atoms with Crippen LogP contribution in [0.5, 0.6) is 0 Å². The van der Waals surface area contributed by atoms with E-state index < -0.39 is 0 Å². The molecule has 2 rings (SSSR count). The Balaban J connectivity index is 2.55. The lowest BCUT2D eigenvalue weighted by atomic mass is 9.84. The second-order valence-electron chi connectivity index (χ2n) is 6.34. The lowest BCUT2D eigenvalue weighted by molar-refractivity contribution is 0.411. The van der Waals surface area contributed by atoms with E-state index >= 15 is 0 Å². The highest BCUT2D eigenvalue weighted by atomic mass is 35.5. The number of rotatable bonds is 3. The minimum atomic E-state index is -0.179. The molecule has 0 aromatic heterocycles. The minimum Gasteiger partial charge on any atom is -0.206 e. The third-order valence-electron chi connectivity index (χ3n) is 3.21. The zero-order valence-corrected chi connectivity index (χ0v) is 13.0. The van der Waals surface area contributed by atoms with Crippen LogP contribution < -0.4 is 0 Å². The molecule has 0 fully saturated rings. The molecule has 2 aromatic rings. The van der Waals surface area contributed by atoms with Crippen molar-refractivity contribution in [2.24, 2.45) is 5.41 Å². The average Bonchev–Trinajstić information content (AvgIpc) is 2.38. The highest BCUT2D eigenvalue weighted by Crippen LogP contribution is 2.32. The van der Waals surface area contributed by atoms with Crippen LogP contribution >= 0.6 is 11.6 Å². The summed E-state index contributed by atoms with van der Waals surface area (Å²) in [7, 11) is 0. The average molecular weight is 291 g/mol. The number of hydrogen-bond donors (Lipinski definition) is 0. The Morgan fingerprint density at radius 2 is 1.70 bits per heavy atom. The van der Waals surface area contributed by atoms with E-state index in [1.54, 1.807) is 6.07 Å². The summed E-state index contributed by atoms with van der Waals surface area (Å²) >= 11 is 5.93. The van der Waals surface area contributed by atoms with Crippen LogP contribution in [0.4, 0.5) is 4.39 Å². The van der Waals surface area contributed by atoms with Gasteiger partial charge in [0.25, 0.3) is 0 Å². The first-order chi connectivity index (χ1) is 9.40. The molecular formula is C18H20ClF.